The molecule has 4 nitrogen and oxygen atoms in total. The SMILES string of the molecule is CC(C)[C@@H](CO)Nc1cc(Br)nc(C2CC2)n1. The summed E-state index contributed by atoms with van der Waals surface area (Å²) in [6.07, 6.45) is 2.37. The fraction of sp³-hybridized carbons (Fsp3) is 0.667. The summed E-state index contributed by atoms with van der Waals surface area (Å²) in [7, 11) is 0. The van der Waals surface area contributed by atoms with Crippen LogP contribution in [0.5, 0.6) is 0 Å². The second-order valence-electron chi connectivity index (χ2n) is 4.89. The first-order valence-electron chi connectivity index (χ1n) is 6.02. The molecule has 1 aliphatic carbocycles. The van der Waals surface area contributed by atoms with Crippen molar-refractivity contribution in [1.29, 1.82) is 0 Å². The largest absolute Gasteiger partial charge is 0.394 e. The van der Waals surface area contributed by atoms with Crippen LogP contribution < -0.4 is 5.32 Å². The first-order valence-corrected chi connectivity index (χ1v) is 6.81. The van der Waals surface area contributed by atoms with Gasteiger partial charge in [0.25, 0.3) is 0 Å². The smallest absolute Gasteiger partial charge is 0.135 e. The lowest BCUT2D eigenvalue weighted by atomic mass is 10.1. The fourth-order valence-corrected chi connectivity index (χ4v) is 2.04. The molecule has 0 saturated heterocycles. The van der Waals surface area contributed by atoms with E-state index >= 15 is 0 Å². The number of aromatic nitrogens is 2. The fourth-order valence-electron chi connectivity index (χ4n) is 1.65. The minimum Gasteiger partial charge on any atom is -0.394 e. The maximum Gasteiger partial charge on any atom is 0.135 e. The molecule has 2 N–H and O–H groups in total. The number of aliphatic hydroxyl groups is 1. The second kappa shape index (κ2) is 5.31. The van der Waals surface area contributed by atoms with Gasteiger partial charge in [-0.05, 0) is 34.7 Å². The number of aliphatic hydroxyl groups excluding tert-OH is 1. The first-order chi connectivity index (χ1) is 8.10. The maximum atomic E-state index is 9.30. The topological polar surface area (TPSA) is 58.0 Å². The molecule has 2 rings (SSSR count). The lowest BCUT2D eigenvalue weighted by molar-refractivity contribution is 0.249. The lowest BCUT2D eigenvalue weighted by Gasteiger charge is -2.20. The van der Waals surface area contributed by atoms with Gasteiger partial charge >= 0.3 is 0 Å². The summed E-state index contributed by atoms with van der Waals surface area (Å²) in [4.78, 5) is 8.88. The number of nitrogens with zero attached hydrogens (tertiary/aromatic N) is 2. The van der Waals surface area contributed by atoms with Crippen LogP contribution in [0.25, 0.3) is 0 Å². The molecule has 5 heteroatoms. The number of anilines is 1. The van der Waals surface area contributed by atoms with Crippen LogP contribution in [0.2, 0.25) is 0 Å². The summed E-state index contributed by atoms with van der Waals surface area (Å²) in [5.74, 6) is 2.58. The van der Waals surface area contributed by atoms with Crippen molar-refractivity contribution in [2.75, 3.05) is 11.9 Å². The zero-order valence-corrected chi connectivity index (χ0v) is 11.7. The van der Waals surface area contributed by atoms with Crippen molar-refractivity contribution in [1.82, 2.24) is 9.97 Å². The summed E-state index contributed by atoms with van der Waals surface area (Å²) >= 11 is 3.40. The van der Waals surface area contributed by atoms with Gasteiger partial charge in [0.2, 0.25) is 0 Å². The van der Waals surface area contributed by atoms with Crippen LogP contribution in [0.15, 0.2) is 10.7 Å². The summed E-state index contributed by atoms with van der Waals surface area (Å²) in [5.41, 5.74) is 0. The highest BCUT2D eigenvalue weighted by Gasteiger charge is 2.27. The molecule has 0 bridgehead atoms. The summed E-state index contributed by atoms with van der Waals surface area (Å²) in [6.45, 7) is 4.26. The highest BCUT2D eigenvalue weighted by Crippen LogP contribution is 2.38. The Morgan fingerprint density at radius 2 is 2.18 bits per heavy atom. The number of rotatable bonds is 5. The van der Waals surface area contributed by atoms with E-state index < -0.39 is 0 Å². The molecule has 1 aromatic rings. The Kier molecular flexibility index (Phi) is 3.99. The van der Waals surface area contributed by atoms with Crippen LogP contribution in [0.4, 0.5) is 5.82 Å². The van der Waals surface area contributed by atoms with Gasteiger partial charge in [-0.1, -0.05) is 13.8 Å². The van der Waals surface area contributed by atoms with Crippen LogP contribution in [0.3, 0.4) is 0 Å². The maximum absolute atomic E-state index is 9.30. The van der Waals surface area contributed by atoms with E-state index in [2.05, 4.69) is 45.1 Å². The van der Waals surface area contributed by atoms with Crippen LogP contribution >= 0.6 is 15.9 Å². The number of hydrogen-bond donors (Lipinski definition) is 2. The third-order valence-electron chi connectivity index (χ3n) is 2.99. The zero-order valence-electron chi connectivity index (χ0n) is 10.2. The van der Waals surface area contributed by atoms with Gasteiger partial charge in [0.05, 0.1) is 12.6 Å². The molecule has 0 spiro atoms. The minimum absolute atomic E-state index is 0.0313. The quantitative estimate of drug-likeness (QED) is 0.821. The summed E-state index contributed by atoms with van der Waals surface area (Å²) in [6, 6.07) is 1.89. The van der Waals surface area contributed by atoms with Crippen molar-refractivity contribution in [3.05, 3.63) is 16.5 Å². The zero-order chi connectivity index (χ0) is 12.4. The molecule has 1 aliphatic rings. The van der Waals surface area contributed by atoms with Gasteiger partial charge in [-0.25, -0.2) is 9.97 Å². The standard InChI is InChI=1S/C12H18BrN3O/c1-7(2)9(6-17)14-11-5-10(13)15-12(16-11)8-3-4-8/h5,7-9,17H,3-4,6H2,1-2H3,(H,14,15,16)/t9-/m1/s1. The highest BCUT2D eigenvalue weighted by molar-refractivity contribution is 9.10. The van der Waals surface area contributed by atoms with Gasteiger partial charge in [-0.3, -0.25) is 0 Å². The van der Waals surface area contributed by atoms with E-state index in [1.165, 1.54) is 12.8 Å². The van der Waals surface area contributed by atoms with E-state index in [-0.39, 0.29) is 12.6 Å². The van der Waals surface area contributed by atoms with Crippen LogP contribution in [0, 0.1) is 5.92 Å². The summed E-state index contributed by atoms with van der Waals surface area (Å²) in [5, 5.41) is 12.6. The molecule has 17 heavy (non-hydrogen) atoms. The molecule has 0 aromatic carbocycles. The minimum atomic E-state index is 0.0313. The first kappa shape index (κ1) is 12.8. The molecule has 0 unspecified atom stereocenters. The Labute approximate surface area is 110 Å². The molecule has 1 aromatic heterocycles. The lowest BCUT2D eigenvalue weighted by Crippen LogP contribution is -2.30. The molecule has 1 saturated carbocycles. The molecule has 1 atom stereocenters. The molecule has 0 aliphatic heterocycles. The normalized spacial score (nSPS) is 17.2. The monoisotopic (exact) mass is 299 g/mol. The molecular formula is C12H18BrN3O. The Morgan fingerprint density at radius 1 is 1.47 bits per heavy atom. The van der Waals surface area contributed by atoms with Crippen molar-refractivity contribution in [2.45, 2.75) is 38.6 Å². The van der Waals surface area contributed by atoms with Crippen molar-refractivity contribution in [3.63, 3.8) is 0 Å². The van der Waals surface area contributed by atoms with E-state index in [9.17, 15) is 5.11 Å². The van der Waals surface area contributed by atoms with E-state index in [4.69, 9.17) is 0 Å². The summed E-state index contributed by atoms with van der Waals surface area (Å²) < 4.78 is 0.803. The van der Waals surface area contributed by atoms with Gasteiger partial charge in [0.1, 0.15) is 16.2 Å². The van der Waals surface area contributed by atoms with Crippen molar-refractivity contribution < 1.29 is 5.11 Å². The highest BCUT2D eigenvalue weighted by atomic mass is 79.9. The molecule has 1 heterocycles. The van der Waals surface area contributed by atoms with E-state index in [0.717, 1.165) is 16.2 Å². The molecule has 1 fully saturated rings. The van der Waals surface area contributed by atoms with Gasteiger partial charge in [0, 0.05) is 12.0 Å². The number of halogens is 1. The van der Waals surface area contributed by atoms with Gasteiger partial charge in [-0.15, -0.1) is 0 Å². The van der Waals surface area contributed by atoms with E-state index in [1.807, 2.05) is 6.07 Å². The third kappa shape index (κ3) is 3.39. The van der Waals surface area contributed by atoms with Crippen LogP contribution in [-0.2, 0) is 0 Å². The average Bonchev–Trinajstić information content (AvgIpc) is 3.08. The third-order valence-corrected chi connectivity index (χ3v) is 3.40. The molecule has 0 amide bonds. The molecule has 0 radical (unpaired) electrons. The van der Waals surface area contributed by atoms with Crippen molar-refractivity contribution in [2.24, 2.45) is 5.92 Å². The Balaban J connectivity index is 2.14. The Morgan fingerprint density at radius 3 is 2.71 bits per heavy atom. The van der Waals surface area contributed by atoms with E-state index in [1.54, 1.807) is 0 Å². The second-order valence-corrected chi connectivity index (χ2v) is 5.70. The van der Waals surface area contributed by atoms with Crippen molar-refractivity contribution in [3.8, 4) is 0 Å². The Hall–Kier alpha value is -0.680. The average molecular weight is 300 g/mol. The molecular weight excluding hydrogens is 282 g/mol. The predicted octanol–water partition coefficient (Wildman–Crippen LogP) is 2.55. The van der Waals surface area contributed by atoms with Crippen LogP contribution in [-0.4, -0.2) is 27.7 Å². The predicted molar refractivity (Wildman–Crippen MR) is 71.0 cm³/mol. The Bertz CT molecular complexity index is 393. The van der Waals surface area contributed by atoms with Gasteiger partial charge < -0.3 is 10.4 Å². The van der Waals surface area contributed by atoms with E-state index in [0.29, 0.717) is 11.8 Å². The van der Waals surface area contributed by atoms with Gasteiger partial charge in [0.15, 0.2) is 0 Å². The number of nitrogens with one attached hydrogen (secondary N) is 1. The number of hydrogen-bond acceptors (Lipinski definition) is 4. The van der Waals surface area contributed by atoms with Crippen LogP contribution in [0.1, 0.15) is 38.4 Å². The van der Waals surface area contributed by atoms with Gasteiger partial charge in [-0.2, -0.15) is 0 Å². The molecule has 94 valence electrons. The van der Waals surface area contributed by atoms with Crippen molar-refractivity contribution >= 4 is 21.7 Å².